The van der Waals surface area contributed by atoms with Crippen LogP contribution < -0.4 is 10.2 Å². The van der Waals surface area contributed by atoms with Crippen LogP contribution in [0, 0.1) is 11.7 Å². The Balaban J connectivity index is 1.16. The first-order valence-corrected chi connectivity index (χ1v) is 12.4. The third-order valence-electron chi connectivity index (χ3n) is 6.90. The summed E-state index contributed by atoms with van der Waals surface area (Å²) in [5, 5.41) is 6.56. The fourth-order valence-electron chi connectivity index (χ4n) is 4.92. The number of benzene rings is 1. The topological polar surface area (TPSA) is 35.6 Å². The van der Waals surface area contributed by atoms with E-state index in [1.165, 1.54) is 24.9 Å². The van der Waals surface area contributed by atoms with Crippen LogP contribution >= 0.6 is 11.3 Å². The first-order chi connectivity index (χ1) is 14.6. The zero-order valence-corrected chi connectivity index (χ0v) is 18.9. The van der Waals surface area contributed by atoms with Crippen molar-refractivity contribution < 1.29 is 9.18 Å². The zero-order chi connectivity index (χ0) is 20.9. The van der Waals surface area contributed by atoms with Gasteiger partial charge in [-0.05, 0) is 62.8 Å². The smallest absolute Gasteiger partial charge is 0.220 e. The number of amides is 1. The molecule has 2 aliphatic rings. The molecule has 4 nitrogen and oxygen atoms in total. The van der Waals surface area contributed by atoms with Crippen molar-refractivity contribution in [3.8, 4) is 0 Å². The van der Waals surface area contributed by atoms with Crippen molar-refractivity contribution in [2.45, 2.75) is 57.9 Å². The summed E-state index contributed by atoms with van der Waals surface area (Å²) in [6.45, 7) is 7.25. The Morgan fingerprint density at radius 3 is 2.67 bits per heavy atom. The number of carbonyl (C=O) groups excluding carboxylic acids is 1. The molecule has 164 valence electrons. The number of nitrogens with zero attached hydrogens (tertiary/aromatic N) is 2. The van der Waals surface area contributed by atoms with Gasteiger partial charge in [0, 0.05) is 54.1 Å². The number of rotatable bonds is 7. The predicted molar refractivity (Wildman–Crippen MR) is 124 cm³/mol. The number of nitrogens with one attached hydrogen (secondary N) is 1. The molecule has 6 heteroatoms. The van der Waals surface area contributed by atoms with E-state index in [0.717, 1.165) is 68.0 Å². The van der Waals surface area contributed by atoms with Crippen LogP contribution in [0.25, 0.3) is 10.1 Å². The van der Waals surface area contributed by atoms with Crippen molar-refractivity contribution in [2.24, 2.45) is 5.92 Å². The summed E-state index contributed by atoms with van der Waals surface area (Å²) in [5.41, 5.74) is 1.23. The summed E-state index contributed by atoms with van der Waals surface area (Å²) < 4.78 is 14.4. The van der Waals surface area contributed by atoms with Gasteiger partial charge in [-0.15, -0.1) is 11.3 Å². The molecule has 0 radical (unpaired) electrons. The maximum absolute atomic E-state index is 13.4. The lowest BCUT2D eigenvalue weighted by atomic mass is 9.84. The number of piperazine rings is 1. The van der Waals surface area contributed by atoms with Crippen molar-refractivity contribution in [2.75, 3.05) is 37.6 Å². The molecule has 1 saturated heterocycles. The van der Waals surface area contributed by atoms with Crippen LogP contribution in [0.2, 0.25) is 0 Å². The highest BCUT2D eigenvalue weighted by atomic mass is 32.1. The molecule has 1 aliphatic carbocycles. The molecule has 1 aromatic carbocycles. The summed E-state index contributed by atoms with van der Waals surface area (Å²) in [6, 6.07) is 5.48. The molecule has 4 rings (SSSR count). The maximum Gasteiger partial charge on any atom is 0.220 e. The lowest BCUT2D eigenvalue weighted by Gasteiger charge is -2.36. The zero-order valence-electron chi connectivity index (χ0n) is 18.0. The van der Waals surface area contributed by atoms with Crippen molar-refractivity contribution in [1.29, 1.82) is 0 Å². The number of hydrogen-bond acceptors (Lipinski definition) is 4. The van der Waals surface area contributed by atoms with E-state index in [9.17, 15) is 9.18 Å². The van der Waals surface area contributed by atoms with Crippen LogP contribution in [0.1, 0.15) is 51.9 Å². The second kappa shape index (κ2) is 10.1. The Kier molecular flexibility index (Phi) is 7.26. The van der Waals surface area contributed by atoms with Gasteiger partial charge in [-0.25, -0.2) is 4.39 Å². The van der Waals surface area contributed by atoms with E-state index >= 15 is 0 Å². The summed E-state index contributed by atoms with van der Waals surface area (Å²) in [7, 11) is 0. The quantitative estimate of drug-likeness (QED) is 0.668. The molecular weight excluding hydrogens is 397 g/mol. The number of fused-ring (bicyclic) bond motifs is 1. The molecule has 0 unspecified atom stereocenters. The normalized spacial score (nSPS) is 23.1. The second-order valence-corrected chi connectivity index (χ2v) is 9.80. The van der Waals surface area contributed by atoms with E-state index in [-0.39, 0.29) is 11.7 Å². The van der Waals surface area contributed by atoms with Crippen molar-refractivity contribution in [3.05, 3.63) is 29.4 Å². The van der Waals surface area contributed by atoms with Gasteiger partial charge in [0.25, 0.3) is 0 Å². The summed E-state index contributed by atoms with van der Waals surface area (Å²) >= 11 is 1.62. The fraction of sp³-hybridized carbons (Fsp3) is 0.625. The van der Waals surface area contributed by atoms with Crippen molar-refractivity contribution >= 4 is 33.0 Å². The summed E-state index contributed by atoms with van der Waals surface area (Å²) in [5.74, 6) is 0.925. The Hall–Kier alpha value is -1.66. The van der Waals surface area contributed by atoms with Crippen molar-refractivity contribution in [1.82, 2.24) is 10.2 Å². The Morgan fingerprint density at radius 1 is 1.17 bits per heavy atom. The summed E-state index contributed by atoms with van der Waals surface area (Å²) in [6.07, 6.45) is 7.66. The number of anilines is 1. The van der Waals surface area contributed by atoms with E-state index < -0.39 is 0 Å². The minimum Gasteiger partial charge on any atom is -0.368 e. The molecule has 1 N–H and O–H groups in total. The number of carbonyl (C=O) groups is 1. The largest absolute Gasteiger partial charge is 0.368 e. The highest BCUT2D eigenvalue weighted by molar-refractivity contribution is 7.17. The number of halogens is 1. The molecule has 1 aliphatic heterocycles. The van der Waals surface area contributed by atoms with Crippen LogP contribution in [-0.2, 0) is 4.79 Å². The van der Waals surface area contributed by atoms with E-state index in [2.05, 4.69) is 27.4 Å². The van der Waals surface area contributed by atoms with E-state index in [1.54, 1.807) is 23.5 Å². The third-order valence-corrected chi connectivity index (χ3v) is 7.83. The van der Waals surface area contributed by atoms with E-state index in [0.29, 0.717) is 12.5 Å². The van der Waals surface area contributed by atoms with Gasteiger partial charge in [0.1, 0.15) is 5.82 Å². The number of hydrogen-bond donors (Lipinski definition) is 1. The average molecular weight is 432 g/mol. The molecule has 30 heavy (non-hydrogen) atoms. The molecule has 0 atom stereocenters. The van der Waals surface area contributed by atoms with Crippen LogP contribution in [0.3, 0.4) is 0 Å². The fourth-order valence-corrected chi connectivity index (χ4v) is 5.92. The van der Waals surface area contributed by atoms with Crippen LogP contribution in [0.4, 0.5) is 10.1 Å². The summed E-state index contributed by atoms with van der Waals surface area (Å²) in [4.78, 5) is 17.2. The predicted octanol–water partition coefficient (Wildman–Crippen LogP) is 5.03. The van der Waals surface area contributed by atoms with E-state index in [4.69, 9.17) is 0 Å². The van der Waals surface area contributed by atoms with Crippen LogP contribution in [0.5, 0.6) is 0 Å². The molecule has 2 fully saturated rings. The molecule has 0 bridgehead atoms. The average Bonchev–Trinajstić information content (AvgIpc) is 3.18. The van der Waals surface area contributed by atoms with Gasteiger partial charge in [-0.3, -0.25) is 9.69 Å². The lowest BCUT2D eigenvalue weighted by Crippen LogP contribution is -2.46. The first-order valence-electron chi connectivity index (χ1n) is 11.6. The molecule has 1 amide bonds. The lowest BCUT2D eigenvalue weighted by molar-refractivity contribution is -0.122. The van der Waals surface area contributed by atoms with Gasteiger partial charge in [0.2, 0.25) is 5.91 Å². The van der Waals surface area contributed by atoms with Crippen LogP contribution in [-0.4, -0.2) is 49.6 Å². The Morgan fingerprint density at radius 2 is 1.93 bits per heavy atom. The van der Waals surface area contributed by atoms with Gasteiger partial charge in [0.05, 0.1) is 5.69 Å². The second-order valence-electron chi connectivity index (χ2n) is 8.89. The maximum atomic E-state index is 13.4. The standard InChI is InChI=1S/C24H34FN3OS/c1-2-18-5-8-20(9-6-18)26-24(29)4-3-11-27-12-14-28(15-13-27)22-17-30-23-16-19(25)7-10-21(22)23/h7,10,16-18,20H,2-6,8-9,11-15H2,1H3,(H,26,29). The molecule has 2 aromatic rings. The van der Waals surface area contributed by atoms with E-state index in [1.807, 2.05) is 6.07 Å². The van der Waals surface area contributed by atoms with Gasteiger partial charge in [0.15, 0.2) is 0 Å². The molecule has 1 saturated carbocycles. The minimum absolute atomic E-state index is 0.168. The molecule has 1 aromatic heterocycles. The Bertz CT molecular complexity index is 838. The van der Waals surface area contributed by atoms with Gasteiger partial charge < -0.3 is 10.2 Å². The highest BCUT2D eigenvalue weighted by Crippen LogP contribution is 2.34. The number of thiophene rings is 1. The Labute approximate surface area is 183 Å². The molecule has 2 heterocycles. The highest BCUT2D eigenvalue weighted by Gasteiger charge is 2.22. The van der Waals surface area contributed by atoms with Gasteiger partial charge in [-0.2, -0.15) is 0 Å². The van der Waals surface area contributed by atoms with Gasteiger partial charge >= 0.3 is 0 Å². The monoisotopic (exact) mass is 431 g/mol. The first kappa shape index (κ1) is 21.6. The van der Waals surface area contributed by atoms with Gasteiger partial charge in [-0.1, -0.05) is 13.3 Å². The third kappa shape index (κ3) is 5.33. The van der Waals surface area contributed by atoms with Crippen LogP contribution in [0.15, 0.2) is 23.6 Å². The molecular formula is C24H34FN3OS. The minimum atomic E-state index is -0.168. The SMILES string of the molecule is CCC1CCC(NC(=O)CCCN2CCN(c3csc4cc(F)ccc34)CC2)CC1. The van der Waals surface area contributed by atoms with Crippen molar-refractivity contribution in [3.63, 3.8) is 0 Å². The molecule has 0 spiro atoms.